The van der Waals surface area contributed by atoms with Crippen LogP contribution >= 0.6 is 0 Å². The number of amides is 3. The Morgan fingerprint density at radius 3 is 2.62 bits per heavy atom. The number of nitrogens with zero attached hydrogens (tertiary/aromatic N) is 2. The molecule has 0 saturated carbocycles. The lowest BCUT2D eigenvalue weighted by Crippen LogP contribution is -2.50. The van der Waals surface area contributed by atoms with E-state index < -0.39 is 17.5 Å². The molecule has 0 aromatic carbocycles. The molecule has 1 aliphatic rings. The van der Waals surface area contributed by atoms with Crippen LogP contribution in [0.3, 0.4) is 0 Å². The highest BCUT2D eigenvalue weighted by atomic mass is 16.2. The SMILES string of the molecule is Cc1c(C2(CN)NC(=O)NC2=O)cnn1C. The topological polar surface area (TPSA) is 102 Å². The van der Waals surface area contributed by atoms with Gasteiger partial charge in [0.1, 0.15) is 0 Å². The normalized spacial score (nSPS) is 24.4. The van der Waals surface area contributed by atoms with Gasteiger partial charge in [-0.15, -0.1) is 0 Å². The van der Waals surface area contributed by atoms with Crippen LogP contribution in [0.2, 0.25) is 0 Å². The summed E-state index contributed by atoms with van der Waals surface area (Å²) in [6.07, 6.45) is 1.55. The lowest BCUT2D eigenvalue weighted by molar-refractivity contribution is -0.124. The monoisotopic (exact) mass is 223 g/mol. The second-order valence-corrected chi connectivity index (χ2v) is 3.78. The van der Waals surface area contributed by atoms with Crippen molar-refractivity contribution < 1.29 is 9.59 Å². The third-order valence-electron chi connectivity index (χ3n) is 2.94. The minimum Gasteiger partial charge on any atom is -0.327 e. The van der Waals surface area contributed by atoms with E-state index in [4.69, 9.17) is 5.73 Å². The summed E-state index contributed by atoms with van der Waals surface area (Å²) in [6, 6.07) is -0.529. The molecule has 1 atom stereocenters. The molecule has 0 bridgehead atoms. The second-order valence-electron chi connectivity index (χ2n) is 3.78. The van der Waals surface area contributed by atoms with Crippen LogP contribution in [0.4, 0.5) is 4.79 Å². The zero-order valence-electron chi connectivity index (χ0n) is 9.07. The average molecular weight is 223 g/mol. The molecule has 4 N–H and O–H groups in total. The van der Waals surface area contributed by atoms with Gasteiger partial charge in [0.05, 0.1) is 6.20 Å². The molecular formula is C9H13N5O2. The largest absolute Gasteiger partial charge is 0.327 e. The first-order chi connectivity index (χ1) is 7.51. The maximum absolute atomic E-state index is 11.8. The highest BCUT2D eigenvalue weighted by Gasteiger charge is 2.48. The number of carbonyl (C=O) groups is 2. The minimum absolute atomic E-state index is 0.00287. The van der Waals surface area contributed by atoms with Crippen LogP contribution in [0.15, 0.2) is 6.20 Å². The predicted molar refractivity (Wildman–Crippen MR) is 55.4 cm³/mol. The molecule has 0 radical (unpaired) electrons. The molecule has 86 valence electrons. The molecule has 1 unspecified atom stereocenters. The van der Waals surface area contributed by atoms with Gasteiger partial charge >= 0.3 is 6.03 Å². The van der Waals surface area contributed by atoms with Crippen molar-refractivity contribution in [2.45, 2.75) is 12.5 Å². The summed E-state index contributed by atoms with van der Waals surface area (Å²) >= 11 is 0. The Balaban J connectivity index is 2.55. The molecule has 1 fully saturated rings. The van der Waals surface area contributed by atoms with E-state index >= 15 is 0 Å². The van der Waals surface area contributed by atoms with E-state index in [0.717, 1.165) is 5.69 Å². The lowest BCUT2D eigenvalue weighted by Gasteiger charge is -2.23. The summed E-state index contributed by atoms with van der Waals surface area (Å²) in [5, 5.41) is 8.79. The van der Waals surface area contributed by atoms with Crippen molar-refractivity contribution in [2.75, 3.05) is 6.54 Å². The van der Waals surface area contributed by atoms with Gasteiger partial charge in [0, 0.05) is 24.8 Å². The van der Waals surface area contributed by atoms with Gasteiger partial charge in [-0.3, -0.25) is 14.8 Å². The van der Waals surface area contributed by atoms with Crippen LogP contribution in [0, 0.1) is 6.92 Å². The number of hydrogen-bond donors (Lipinski definition) is 3. The van der Waals surface area contributed by atoms with Gasteiger partial charge in [0.2, 0.25) is 0 Å². The van der Waals surface area contributed by atoms with Crippen molar-refractivity contribution in [3.63, 3.8) is 0 Å². The van der Waals surface area contributed by atoms with Crippen LogP contribution < -0.4 is 16.4 Å². The standard InChI is InChI=1S/C9H13N5O2/c1-5-6(3-11-14(5)2)9(4-10)7(15)12-8(16)13-9/h3H,4,10H2,1-2H3,(H2,12,13,15,16). The van der Waals surface area contributed by atoms with E-state index in [1.807, 2.05) is 6.92 Å². The smallest absolute Gasteiger partial charge is 0.322 e. The van der Waals surface area contributed by atoms with Gasteiger partial charge in [-0.05, 0) is 6.92 Å². The maximum Gasteiger partial charge on any atom is 0.322 e. The molecule has 1 aliphatic heterocycles. The molecule has 1 saturated heterocycles. The molecule has 2 heterocycles. The summed E-state index contributed by atoms with van der Waals surface area (Å²) in [7, 11) is 1.76. The number of nitrogens with one attached hydrogen (secondary N) is 2. The third-order valence-corrected chi connectivity index (χ3v) is 2.94. The number of aromatic nitrogens is 2. The van der Waals surface area contributed by atoms with Crippen molar-refractivity contribution in [3.8, 4) is 0 Å². The predicted octanol–water partition coefficient (Wildman–Crippen LogP) is -1.28. The third kappa shape index (κ3) is 1.21. The molecule has 1 aromatic heterocycles. The number of aryl methyl sites for hydroxylation is 1. The zero-order chi connectivity index (χ0) is 11.9. The Kier molecular flexibility index (Phi) is 2.20. The summed E-state index contributed by atoms with van der Waals surface area (Å²) in [5.41, 5.74) is 5.85. The Morgan fingerprint density at radius 1 is 1.56 bits per heavy atom. The van der Waals surface area contributed by atoms with Crippen LogP contribution in [-0.2, 0) is 17.4 Å². The van der Waals surface area contributed by atoms with Gasteiger partial charge in [0.25, 0.3) is 5.91 Å². The quantitative estimate of drug-likeness (QED) is 0.543. The Bertz CT molecular complexity index is 466. The van der Waals surface area contributed by atoms with E-state index in [2.05, 4.69) is 15.7 Å². The fourth-order valence-corrected chi connectivity index (χ4v) is 1.85. The molecule has 7 nitrogen and oxygen atoms in total. The number of imide groups is 1. The van der Waals surface area contributed by atoms with Crippen molar-refractivity contribution >= 4 is 11.9 Å². The highest BCUT2D eigenvalue weighted by molar-refractivity contribution is 6.07. The summed E-state index contributed by atoms with van der Waals surface area (Å²) in [5.74, 6) is -0.434. The van der Waals surface area contributed by atoms with Crippen molar-refractivity contribution in [2.24, 2.45) is 12.8 Å². The van der Waals surface area contributed by atoms with Gasteiger partial charge in [-0.25, -0.2) is 4.79 Å². The average Bonchev–Trinajstić information content (AvgIpc) is 2.70. The summed E-state index contributed by atoms with van der Waals surface area (Å²) in [4.78, 5) is 23.0. The van der Waals surface area contributed by atoms with E-state index in [9.17, 15) is 9.59 Å². The van der Waals surface area contributed by atoms with Gasteiger partial charge in [-0.1, -0.05) is 0 Å². The first kappa shape index (κ1) is 10.6. The van der Waals surface area contributed by atoms with Crippen LogP contribution in [0.25, 0.3) is 0 Å². The first-order valence-corrected chi connectivity index (χ1v) is 4.84. The number of carbonyl (C=O) groups excluding carboxylic acids is 2. The first-order valence-electron chi connectivity index (χ1n) is 4.84. The number of urea groups is 1. The number of rotatable bonds is 2. The zero-order valence-corrected chi connectivity index (χ0v) is 9.07. The minimum atomic E-state index is -1.19. The fourth-order valence-electron chi connectivity index (χ4n) is 1.85. The molecule has 0 aliphatic carbocycles. The van der Waals surface area contributed by atoms with Crippen LogP contribution in [0.5, 0.6) is 0 Å². The lowest BCUT2D eigenvalue weighted by atomic mass is 9.90. The van der Waals surface area contributed by atoms with E-state index in [-0.39, 0.29) is 6.54 Å². The molecular weight excluding hydrogens is 210 g/mol. The number of hydrogen-bond acceptors (Lipinski definition) is 4. The Labute approximate surface area is 92.0 Å². The second kappa shape index (κ2) is 3.31. The highest BCUT2D eigenvalue weighted by Crippen LogP contribution is 2.26. The number of nitrogens with two attached hydrogens (primary N) is 1. The molecule has 16 heavy (non-hydrogen) atoms. The Morgan fingerprint density at radius 2 is 2.25 bits per heavy atom. The van der Waals surface area contributed by atoms with Gasteiger partial charge in [0.15, 0.2) is 5.54 Å². The van der Waals surface area contributed by atoms with Crippen molar-refractivity contribution in [3.05, 3.63) is 17.5 Å². The van der Waals surface area contributed by atoms with Crippen LogP contribution in [0.1, 0.15) is 11.3 Å². The summed E-state index contributed by atoms with van der Waals surface area (Å²) < 4.78 is 1.63. The Hall–Kier alpha value is -1.89. The van der Waals surface area contributed by atoms with Crippen molar-refractivity contribution in [1.29, 1.82) is 0 Å². The molecule has 2 rings (SSSR count). The van der Waals surface area contributed by atoms with Crippen molar-refractivity contribution in [1.82, 2.24) is 20.4 Å². The molecule has 7 heteroatoms. The van der Waals surface area contributed by atoms with Gasteiger partial charge in [-0.2, -0.15) is 5.10 Å². The molecule has 0 spiro atoms. The van der Waals surface area contributed by atoms with E-state index in [1.54, 1.807) is 17.9 Å². The maximum atomic E-state index is 11.8. The van der Waals surface area contributed by atoms with E-state index in [0.29, 0.717) is 5.56 Å². The fraction of sp³-hybridized carbons (Fsp3) is 0.444. The van der Waals surface area contributed by atoms with E-state index in [1.165, 1.54) is 0 Å². The molecule has 1 aromatic rings. The molecule has 3 amide bonds. The van der Waals surface area contributed by atoms with Crippen LogP contribution in [-0.4, -0.2) is 28.3 Å². The summed E-state index contributed by atoms with van der Waals surface area (Å²) in [6.45, 7) is 1.81. The van der Waals surface area contributed by atoms with Gasteiger partial charge < -0.3 is 11.1 Å².